The van der Waals surface area contributed by atoms with Gasteiger partial charge in [-0.25, -0.2) is 8.42 Å². The Kier molecular flexibility index (Phi) is 10.2. The van der Waals surface area contributed by atoms with E-state index in [1.807, 2.05) is 39.8 Å². The average Bonchev–Trinajstić information content (AvgIpc) is 2.75. The molecule has 1 atom stereocenters. The van der Waals surface area contributed by atoms with Gasteiger partial charge in [-0.15, -0.1) is 0 Å². The van der Waals surface area contributed by atoms with Crippen LogP contribution in [0.25, 0.3) is 0 Å². The van der Waals surface area contributed by atoms with Crippen molar-refractivity contribution in [2.24, 2.45) is 0 Å². The molecule has 0 aromatic heterocycles. The molecule has 7 nitrogen and oxygen atoms in total. The summed E-state index contributed by atoms with van der Waals surface area (Å²) in [7, 11) is -3.55. The van der Waals surface area contributed by atoms with Crippen molar-refractivity contribution in [3.05, 3.63) is 63.6 Å². The van der Waals surface area contributed by atoms with Crippen molar-refractivity contribution in [2.45, 2.75) is 65.6 Å². The minimum absolute atomic E-state index is 0.0348. The highest BCUT2D eigenvalue weighted by atomic mass is 35.5. The van der Waals surface area contributed by atoms with E-state index in [1.54, 1.807) is 37.3 Å². The summed E-state index contributed by atoms with van der Waals surface area (Å²) in [5, 5.41) is 3.69. The molecule has 198 valence electrons. The third-order valence-electron chi connectivity index (χ3n) is 5.53. The fraction of sp³-hybridized carbons (Fsp3) is 0.462. The van der Waals surface area contributed by atoms with Gasteiger partial charge < -0.3 is 10.2 Å². The predicted molar refractivity (Wildman–Crippen MR) is 147 cm³/mol. The van der Waals surface area contributed by atoms with Crippen molar-refractivity contribution in [1.29, 1.82) is 0 Å². The Morgan fingerprint density at radius 2 is 1.58 bits per heavy atom. The van der Waals surface area contributed by atoms with Gasteiger partial charge in [0.1, 0.15) is 6.04 Å². The van der Waals surface area contributed by atoms with Crippen LogP contribution in [-0.2, 0) is 26.2 Å². The standard InChI is InChI=1S/C26H35Cl2N3O4S/c1-18-12-14-20(15-13-18)31(36(6,34)35)16-8-11-24(32)30(19(2)25(33)29-26(3,4)5)17-21-22(27)9-7-10-23(21)28/h7,9-10,12-15,19H,8,11,16-17H2,1-6H3,(H,29,33)/t19-/m1/s1. The second-order valence-electron chi connectivity index (χ2n) is 9.91. The molecule has 0 radical (unpaired) electrons. The molecule has 2 amide bonds. The van der Waals surface area contributed by atoms with Crippen molar-refractivity contribution < 1.29 is 18.0 Å². The molecule has 0 fully saturated rings. The van der Waals surface area contributed by atoms with Crippen LogP contribution in [0.2, 0.25) is 10.0 Å². The van der Waals surface area contributed by atoms with Crippen LogP contribution in [-0.4, -0.2) is 49.5 Å². The molecule has 2 aromatic carbocycles. The number of rotatable bonds is 10. The van der Waals surface area contributed by atoms with E-state index in [4.69, 9.17) is 23.2 Å². The molecule has 0 unspecified atom stereocenters. The Hall–Kier alpha value is -2.29. The number of halogens is 2. The monoisotopic (exact) mass is 555 g/mol. The smallest absolute Gasteiger partial charge is 0.242 e. The van der Waals surface area contributed by atoms with E-state index in [1.165, 1.54) is 9.21 Å². The van der Waals surface area contributed by atoms with E-state index in [2.05, 4.69) is 5.32 Å². The summed E-state index contributed by atoms with van der Waals surface area (Å²) in [4.78, 5) is 27.8. The fourth-order valence-electron chi connectivity index (χ4n) is 3.63. The number of anilines is 1. The van der Waals surface area contributed by atoms with Gasteiger partial charge in [0.05, 0.1) is 11.9 Å². The summed E-state index contributed by atoms with van der Waals surface area (Å²) in [5.41, 5.74) is 1.61. The maximum Gasteiger partial charge on any atom is 0.242 e. The quantitative estimate of drug-likeness (QED) is 0.437. The van der Waals surface area contributed by atoms with E-state index in [0.29, 0.717) is 21.3 Å². The van der Waals surface area contributed by atoms with Gasteiger partial charge in [-0.2, -0.15) is 0 Å². The number of nitrogens with one attached hydrogen (secondary N) is 1. The van der Waals surface area contributed by atoms with E-state index in [9.17, 15) is 18.0 Å². The summed E-state index contributed by atoms with van der Waals surface area (Å²) in [6.07, 6.45) is 1.44. The zero-order chi connectivity index (χ0) is 27.3. The molecule has 0 heterocycles. The van der Waals surface area contributed by atoms with Crippen LogP contribution < -0.4 is 9.62 Å². The number of aryl methyl sites for hydroxylation is 1. The Bertz CT molecular complexity index is 1160. The number of benzene rings is 2. The summed E-state index contributed by atoms with van der Waals surface area (Å²) in [5.74, 6) is -0.614. The number of sulfonamides is 1. The summed E-state index contributed by atoms with van der Waals surface area (Å²) >= 11 is 12.7. The second kappa shape index (κ2) is 12.3. The van der Waals surface area contributed by atoms with Crippen LogP contribution in [0.4, 0.5) is 5.69 Å². The van der Waals surface area contributed by atoms with Crippen molar-refractivity contribution in [3.63, 3.8) is 0 Å². The van der Waals surface area contributed by atoms with Crippen LogP contribution >= 0.6 is 23.2 Å². The highest BCUT2D eigenvalue weighted by molar-refractivity contribution is 7.92. The normalized spacial score (nSPS) is 12.7. The first kappa shape index (κ1) is 29.9. The first-order valence-corrected chi connectivity index (χ1v) is 14.3. The van der Waals surface area contributed by atoms with Gasteiger partial charge in [-0.05, 0) is 65.3 Å². The third-order valence-corrected chi connectivity index (χ3v) is 7.43. The summed E-state index contributed by atoms with van der Waals surface area (Å²) < 4.78 is 26.1. The number of carbonyl (C=O) groups excluding carboxylic acids is 2. The maximum atomic E-state index is 13.4. The molecule has 0 saturated carbocycles. The van der Waals surface area contributed by atoms with Gasteiger partial charge in [0.25, 0.3) is 0 Å². The zero-order valence-corrected chi connectivity index (χ0v) is 24.0. The van der Waals surface area contributed by atoms with E-state index < -0.39 is 21.6 Å². The van der Waals surface area contributed by atoms with Crippen molar-refractivity contribution in [1.82, 2.24) is 10.2 Å². The number of hydrogen-bond acceptors (Lipinski definition) is 4. The molecule has 0 spiro atoms. The molecule has 36 heavy (non-hydrogen) atoms. The molecular weight excluding hydrogens is 521 g/mol. The Morgan fingerprint density at radius 3 is 2.08 bits per heavy atom. The van der Waals surface area contributed by atoms with Gasteiger partial charge >= 0.3 is 0 Å². The number of amides is 2. The van der Waals surface area contributed by atoms with Crippen LogP contribution in [0.15, 0.2) is 42.5 Å². The minimum Gasteiger partial charge on any atom is -0.350 e. The van der Waals surface area contributed by atoms with Crippen LogP contribution in [0.1, 0.15) is 51.7 Å². The molecule has 10 heteroatoms. The zero-order valence-electron chi connectivity index (χ0n) is 21.6. The lowest BCUT2D eigenvalue weighted by Gasteiger charge is -2.32. The SMILES string of the molecule is Cc1ccc(N(CCCC(=O)N(Cc2c(Cl)cccc2Cl)[C@H](C)C(=O)NC(C)(C)C)S(C)(=O)=O)cc1. The lowest BCUT2D eigenvalue weighted by atomic mass is 10.1. The summed E-state index contributed by atoms with van der Waals surface area (Å²) in [6.45, 7) is 9.32. The van der Waals surface area contributed by atoms with Crippen molar-refractivity contribution >= 4 is 50.7 Å². The first-order valence-electron chi connectivity index (χ1n) is 11.7. The lowest BCUT2D eigenvalue weighted by molar-refractivity contribution is -0.141. The van der Waals surface area contributed by atoms with Gasteiger partial charge in [-0.3, -0.25) is 13.9 Å². The van der Waals surface area contributed by atoms with Gasteiger partial charge in [0.15, 0.2) is 0 Å². The summed E-state index contributed by atoms with van der Waals surface area (Å²) in [6, 6.07) is 11.4. The topological polar surface area (TPSA) is 86.8 Å². The highest BCUT2D eigenvalue weighted by Gasteiger charge is 2.29. The number of hydrogen-bond donors (Lipinski definition) is 1. The molecule has 0 bridgehead atoms. The molecular formula is C26H35Cl2N3O4S. The molecule has 0 aliphatic carbocycles. The van der Waals surface area contributed by atoms with Gasteiger partial charge in [0.2, 0.25) is 21.8 Å². The minimum atomic E-state index is -3.55. The van der Waals surface area contributed by atoms with E-state index in [0.717, 1.165) is 11.8 Å². The first-order chi connectivity index (χ1) is 16.6. The maximum absolute atomic E-state index is 13.4. The highest BCUT2D eigenvalue weighted by Crippen LogP contribution is 2.27. The van der Waals surface area contributed by atoms with Crippen molar-refractivity contribution in [3.8, 4) is 0 Å². The predicted octanol–water partition coefficient (Wildman–Crippen LogP) is 5.18. The molecule has 2 rings (SSSR count). The molecule has 0 saturated heterocycles. The Morgan fingerprint density at radius 1 is 1.03 bits per heavy atom. The van der Waals surface area contributed by atoms with Gasteiger partial charge in [0, 0.05) is 40.7 Å². The van der Waals surface area contributed by atoms with E-state index >= 15 is 0 Å². The largest absolute Gasteiger partial charge is 0.350 e. The molecule has 2 aromatic rings. The van der Waals surface area contributed by atoms with E-state index in [-0.39, 0.29) is 37.7 Å². The fourth-order valence-corrected chi connectivity index (χ4v) is 5.11. The molecule has 1 N–H and O–H groups in total. The second-order valence-corrected chi connectivity index (χ2v) is 12.6. The lowest BCUT2D eigenvalue weighted by Crippen LogP contribution is -2.52. The van der Waals surface area contributed by atoms with Crippen LogP contribution in [0.5, 0.6) is 0 Å². The molecule has 0 aliphatic heterocycles. The Labute approximate surface area is 224 Å². The van der Waals surface area contributed by atoms with Crippen LogP contribution in [0.3, 0.4) is 0 Å². The Balaban J connectivity index is 2.24. The third kappa shape index (κ3) is 8.68. The van der Waals surface area contributed by atoms with Crippen LogP contribution in [0, 0.1) is 6.92 Å². The van der Waals surface area contributed by atoms with Crippen molar-refractivity contribution in [2.75, 3.05) is 17.1 Å². The number of carbonyl (C=O) groups is 2. The van der Waals surface area contributed by atoms with Gasteiger partial charge in [-0.1, -0.05) is 47.0 Å². The number of nitrogens with zero attached hydrogens (tertiary/aromatic N) is 2. The average molecular weight is 557 g/mol. The molecule has 0 aliphatic rings.